The molecule has 3 nitrogen and oxygen atoms in total. The smallest absolute Gasteiger partial charge is 0.195 e. The Labute approximate surface area is 136 Å². The number of likely N-dealkylation sites (N-methyl/N-ethyl adjacent to an activating group) is 1. The molecule has 0 N–H and O–H groups in total. The molecule has 0 amide bonds. The van der Waals surface area contributed by atoms with Gasteiger partial charge in [0, 0.05) is 29.3 Å². The number of rotatable bonds is 1. The van der Waals surface area contributed by atoms with Crippen LogP contribution < -0.4 is 4.74 Å². The van der Waals surface area contributed by atoms with Gasteiger partial charge >= 0.3 is 0 Å². The molecule has 23 heavy (non-hydrogen) atoms. The molecule has 1 aliphatic heterocycles. The molecule has 2 aliphatic carbocycles. The standard InChI is InChI=1S/C20H21NO2/c1-20(2)15-11-12(23-4)9-10-13(15)18(22)17-14-7-5-6-8-16(14)21(3)19(17)20/h5-7,9-11,16H,8H2,1-4H3. The van der Waals surface area contributed by atoms with Gasteiger partial charge in [-0.1, -0.05) is 32.1 Å². The topological polar surface area (TPSA) is 29.5 Å². The van der Waals surface area contributed by atoms with E-state index in [0.717, 1.165) is 34.6 Å². The minimum Gasteiger partial charge on any atom is -0.497 e. The maximum absolute atomic E-state index is 13.2. The van der Waals surface area contributed by atoms with Crippen LogP contribution >= 0.6 is 0 Å². The number of ether oxygens (including phenoxy) is 1. The summed E-state index contributed by atoms with van der Waals surface area (Å²) in [6.07, 6.45) is 7.31. The van der Waals surface area contributed by atoms with Gasteiger partial charge in [-0.25, -0.2) is 0 Å². The summed E-state index contributed by atoms with van der Waals surface area (Å²) >= 11 is 0. The number of fused-ring (bicyclic) bond motifs is 3. The largest absolute Gasteiger partial charge is 0.497 e. The Morgan fingerprint density at radius 2 is 2.09 bits per heavy atom. The molecule has 3 aliphatic rings. The van der Waals surface area contributed by atoms with Crippen molar-refractivity contribution in [1.29, 1.82) is 0 Å². The summed E-state index contributed by atoms with van der Waals surface area (Å²) in [6.45, 7) is 4.41. The van der Waals surface area contributed by atoms with Gasteiger partial charge in [0.1, 0.15) is 5.75 Å². The highest BCUT2D eigenvalue weighted by atomic mass is 16.5. The number of nitrogens with zero attached hydrogens (tertiary/aromatic N) is 1. The second kappa shape index (κ2) is 4.60. The van der Waals surface area contributed by atoms with Crippen molar-refractivity contribution >= 4 is 5.78 Å². The fourth-order valence-electron chi connectivity index (χ4n) is 4.32. The highest BCUT2D eigenvalue weighted by Gasteiger charge is 2.48. The minimum absolute atomic E-state index is 0.146. The van der Waals surface area contributed by atoms with Crippen molar-refractivity contribution in [2.75, 3.05) is 14.2 Å². The first-order valence-electron chi connectivity index (χ1n) is 8.04. The Bertz CT molecular complexity index is 811. The van der Waals surface area contributed by atoms with E-state index in [1.54, 1.807) is 7.11 Å². The second-order valence-electron chi connectivity index (χ2n) is 7.00. The zero-order chi connectivity index (χ0) is 16.4. The molecule has 0 spiro atoms. The summed E-state index contributed by atoms with van der Waals surface area (Å²) in [5.41, 5.74) is 4.86. The lowest BCUT2D eigenvalue weighted by atomic mass is 9.70. The van der Waals surface area contributed by atoms with Crippen molar-refractivity contribution in [1.82, 2.24) is 4.90 Å². The van der Waals surface area contributed by atoms with Crippen molar-refractivity contribution in [2.45, 2.75) is 31.7 Å². The zero-order valence-electron chi connectivity index (χ0n) is 14.0. The van der Waals surface area contributed by atoms with Gasteiger partial charge in [0.25, 0.3) is 0 Å². The van der Waals surface area contributed by atoms with E-state index in [9.17, 15) is 4.79 Å². The fourth-order valence-corrected chi connectivity index (χ4v) is 4.32. The van der Waals surface area contributed by atoms with Gasteiger partial charge in [-0.15, -0.1) is 0 Å². The number of carbonyl (C=O) groups excluding carboxylic acids is 1. The summed E-state index contributed by atoms with van der Waals surface area (Å²) in [6, 6.07) is 6.09. The number of hydrogen-bond donors (Lipinski definition) is 0. The van der Waals surface area contributed by atoms with Crippen molar-refractivity contribution in [3.63, 3.8) is 0 Å². The SMILES string of the molecule is COc1ccc2c(c1)C(C)(C)C1=C(C2=O)C2=CC=CCC2N1C. The fraction of sp³-hybridized carbons (Fsp3) is 0.350. The van der Waals surface area contributed by atoms with E-state index in [0.29, 0.717) is 0 Å². The van der Waals surface area contributed by atoms with E-state index in [1.807, 2.05) is 18.2 Å². The van der Waals surface area contributed by atoms with Crippen LogP contribution in [-0.2, 0) is 5.41 Å². The van der Waals surface area contributed by atoms with Gasteiger partial charge in [-0.3, -0.25) is 4.79 Å². The molecule has 0 saturated carbocycles. The van der Waals surface area contributed by atoms with Crippen LogP contribution in [0.4, 0.5) is 0 Å². The molecule has 3 heteroatoms. The van der Waals surface area contributed by atoms with Crippen LogP contribution in [0.3, 0.4) is 0 Å². The molecule has 1 heterocycles. The normalized spacial score (nSPS) is 24.2. The first-order chi connectivity index (χ1) is 11.0. The highest BCUT2D eigenvalue weighted by molar-refractivity contribution is 6.15. The number of methoxy groups -OCH3 is 1. The molecular formula is C20H21NO2. The molecule has 118 valence electrons. The lowest BCUT2D eigenvalue weighted by Crippen LogP contribution is -2.37. The van der Waals surface area contributed by atoms with Crippen molar-refractivity contribution in [2.24, 2.45) is 0 Å². The van der Waals surface area contributed by atoms with E-state index in [4.69, 9.17) is 4.74 Å². The second-order valence-corrected chi connectivity index (χ2v) is 7.00. The van der Waals surface area contributed by atoms with Crippen LogP contribution in [-0.4, -0.2) is 30.9 Å². The third kappa shape index (κ3) is 1.73. The molecule has 0 radical (unpaired) electrons. The van der Waals surface area contributed by atoms with Crippen LogP contribution in [0.15, 0.2) is 53.3 Å². The van der Waals surface area contributed by atoms with Crippen molar-refractivity contribution in [3.8, 4) is 5.75 Å². The summed E-state index contributed by atoms with van der Waals surface area (Å²) < 4.78 is 5.38. The molecule has 0 aromatic heterocycles. The van der Waals surface area contributed by atoms with Gasteiger partial charge in [-0.2, -0.15) is 0 Å². The summed E-state index contributed by atoms with van der Waals surface area (Å²) in [4.78, 5) is 15.5. The van der Waals surface area contributed by atoms with Crippen LogP contribution in [0.25, 0.3) is 0 Å². The number of Topliss-reactive ketones (excluding diaryl/α,β-unsaturated/α-hetero) is 1. The Hall–Kier alpha value is -2.29. The van der Waals surface area contributed by atoms with Crippen molar-refractivity contribution < 1.29 is 9.53 Å². The number of allylic oxidation sites excluding steroid dienone is 3. The summed E-state index contributed by atoms with van der Waals surface area (Å²) in [5, 5.41) is 0. The first kappa shape index (κ1) is 14.3. The van der Waals surface area contributed by atoms with Crippen LogP contribution in [0, 0.1) is 0 Å². The average Bonchev–Trinajstić information content (AvgIpc) is 2.87. The number of benzene rings is 1. The van der Waals surface area contributed by atoms with E-state index >= 15 is 0 Å². The molecule has 1 aromatic rings. The van der Waals surface area contributed by atoms with Gasteiger partial charge < -0.3 is 9.64 Å². The van der Waals surface area contributed by atoms with Crippen LogP contribution in [0.5, 0.6) is 5.75 Å². The molecule has 0 saturated heterocycles. The molecule has 1 atom stereocenters. The van der Waals surface area contributed by atoms with E-state index < -0.39 is 0 Å². The van der Waals surface area contributed by atoms with E-state index in [-0.39, 0.29) is 17.2 Å². The average molecular weight is 307 g/mol. The first-order valence-corrected chi connectivity index (χ1v) is 8.04. The van der Waals surface area contributed by atoms with E-state index in [2.05, 4.69) is 44.0 Å². The van der Waals surface area contributed by atoms with E-state index in [1.165, 1.54) is 5.57 Å². The Morgan fingerprint density at radius 1 is 1.30 bits per heavy atom. The van der Waals surface area contributed by atoms with Gasteiger partial charge in [0.15, 0.2) is 5.78 Å². The number of carbonyl (C=O) groups is 1. The molecule has 1 aromatic carbocycles. The third-order valence-corrected chi connectivity index (χ3v) is 5.44. The summed E-state index contributed by atoms with van der Waals surface area (Å²) in [7, 11) is 3.77. The number of ketones is 1. The van der Waals surface area contributed by atoms with Crippen LogP contribution in [0.2, 0.25) is 0 Å². The zero-order valence-corrected chi connectivity index (χ0v) is 14.0. The minimum atomic E-state index is -0.222. The maximum atomic E-state index is 13.2. The lowest BCUT2D eigenvalue weighted by Gasteiger charge is -2.38. The summed E-state index contributed by atoms with van der Waals surface area (Å²) in [5.74, 6) is 0.945. The van der Waals surface area contributed by atoms with Crippen molar-refractivity contribution in [3.05, 3.63) is 64.4 Å². The van der Waals surface area contributed by atoms with Gasteiger partial charge in [0.2, 0.25) is 0 Å². The molecular weight excluding hydrogens is 286 g/mol. The quantitative estimate of drug-likeness (QED) is 0.793. The monoisotopic (exact) mass is 307 g/mol. The highest BCUT2D eigenvalue weighted by Crippen LogP contribution is 2.51. The molecule has 4 rings (SSSR count). The molecule has 1 unspecified atom stereocenters. The molecule has 0 fully saturated rings. The Morgan fingerprint density at radius 3 is 2.83 bits per heavy atom. The molecule has 0 bridgehead atoms. The predicted molar refractivity (Wildman–Crippen MR) is 90.8 cm³/mol. The van der Waals surface area contributed by atoms with Gasteiger partial charge in [-0.05, 0) is 35.8 Å². The maximum Gasteiger partial charge on any atom is 0.195 e. The predicted octanol–water partition coefficient (Wildman–Crippen LogP) is 3.62. The van der Waals surface area contributed by atoms with Gasteiger partial charge in [0.05, 0.1) is 13.2 Å². The third-order valence-electron chi connectivity index (χ3n) is 5.44. The number of hydrogen-bond acceptors (Lipinski definition) is 3. The lowest BCUT2D eigenvalue weighted by molar-refractivity contribution is 0.102. The Balaban J connectivity index is 1.98. The Kier molecular flexibility index (Phi) is 2.87. The van der Waals surface area contributed by atoms with Crippen LogP contribution in [0.1, 0.15) is 36.2 Å².